The first-order valence-corrected chi connectivity index (χ1v) is 6.15. The number of hydroxylamine groups is 1. The Labute approximate surface area is 101 Å². The molecule has 0 amide bonds. The number of rotatable bonds is 5. The van der Waals surface area contributed by atoms with Crippen molar-refractivity contribution >= 4 is 5.78 Å². The maximum atomic E-state index is 10.8. The van der Waals surface area contributed by atoms with E-state index in [1.54, 1.807) is 0 Å². The maximum Gasteiger partial charge on any atom is 0.132 e. The second kappa shape index (κ2) is 9.79. The molecule has 0 spiro atoms. The van der Waals surface area contributed by atoms with Crippen molar-refractivity contribution in [3.63, 3.8) is 0 Å². The summed E-state index contributed by atoms with van der Waals surface area (Å²) in [5.41, 5.74) is 1.95. The molecule has 3 heteroatoms. The van der Waals surface area contributed by atoms with Crippen molar-refractivity contribution in [3.8, 4) is 0 Å². The molecule has 0 saturated heterocycles. The van der Waals surface area contributed by atoms with Crippen LogP contribution in [0, 0.1) is 5.92 Å². The summed E-state index contributed by atoms with van der Waals surface area (Å²) in [5.74, 6) is 1.14. The molecule has 0 fully saturated rings. The predicted molar refractivity (Wildman–Crippen MR) is 68.7 cm³/mol. The summed E-state index contributed by atoms with van der Waals surface area (Å²) in [6.45, 7) is 12.0. The zero-order valence-electron chi connectivity index (χ0n) is 11.8. The molecule has 0 saturated carbocycles. The van der Waals surface area contributed by atoms with Crippen LogP contribution in [0.3, 0.4) is 0 Å². The summed E-state index contributed by atoms with van der Waals surface area (Å²) in [5, 5.41) is 8.15. The lowest BCUT2D eigenvalue weighted by Gasteiger charge is -2.13. The Morgan fingerprint density at radius 1 is 1.31 bits per heavy atom. The van der Waals surface area contributed by atoms with Gasteiger partial charge in [-0.2, -0.15) is 0 Å². The molecule has 0 aromatic heterocycles. The molecule has 0 aliphatic heterocycles. The molecule has 0 aliphatic rings. The lowest BCUT2D eigenvalue weighted by atomic mass is 10.0. The van der Waals surface area contributed by atoms with E-state index in [1.165, 1.54) is 6.42 Å². The maximum absolute atomic E-state index is 10.8. The molecule has 0 aromatic carbocycles. The third kappa shape index (κ3) is 19.2. The Morgan fingerprint density at radius 2 is 1.75 bits per heavy atom. The molecule has 0 bridgehead atoms. The summed E-state index contributed by atoms with van der Waals surface area (Å²) >= 11 is 0. The van der Waals surface area contributed by atoms with E-state index in [0.717, 1.165) is 18.8 Å². The van der Waals surface area contributed by atoms with Gasteiger partial charge in [0.05, 0.1) is 0 Å². The monoisotopic (exact) mass is 231 g/mol. The number of hydrogen-bond acceptors (Lipinski definition) is 3. The largest absolute Gasteiger partial charge is 0.316 e. The van der Waals surface area contributed by atoms with Crippen molar-refractivity contribution in [2.45, 2.75) is 72.8 Å². The summed E-state index contributed by atoms with van der Waals surface area (Å²) < 4.78 is 0. The van der Waals surface area contributed by atoms with Crippen molar-refractivity contribution in [1.29, 1.82) is 0 Å². The van der Waals surface area contributed by atoms with Gasteiger partial charge in [-0.25, -0.2) is 5.48 Å². The second-order valence-electron chi connectivity index (χ2n) is 5.54. The Morgan fingerprint density at radius 3 is 2.00 bits per heavy atom. The van der Waals surface area contributed by atoms with Crippen LogP contribution in [0.15, 0.2) is 0 Å². The smallest absolute Gasteiger partial charge is 0.132 e. The number of Topliss-reactive ketones (excluding diaryl/α,β-unsaturated/α-hetero) is 1. The average molecular weight is 231 g/mol. The summed E-state index contributed by atoms with van der Waals surface area (Å²) in [4.78, 5) is 10.8. The highest BCUT2D eigenvalue weighted by molar-refractivity contribution is 5.77. The molecule has 0 atom stereocenters. The molecule has 0 aliphatic carbocycles. The molecule has 98 valence electrons. The van der Waals surface area contributed by atoms with Gasteiger partial charge < -0.3 is 5.21 Å². The van der Waals surface area contributed by atoms with Crippen LogP contribution in [0.4, 0.5) is 0 Å². The molecule has 0 unspecified atom stereocenters. The van der Waals surface area contributed by atoms with Gasteiger partial charge in [-0.1, -0.05) is 27.2 Å². The van der Waals surface area contributed by atoms with Crippen LogP contribution in [-0.2, 0) is 4.79 Å². The highest BCUT2D eigenvalue weighted by Gasteiger charge is 2.04. The molecular formula is C13H29NO2. The van der Waals surface area contributed by atoms with E-state index < -0.39 is 0 Å². The Hall–Kier alpha value is -0.410. The fourth-order valence-electron chi connectivity index (χ4n) is 0.884. The highest BCUT2D eigenvalue weighted by atomic mass is 16.5. The van der Waals surface area contributed by atoms with Gasteiger partial charge in [0.25, 0.3) is 0 Å². The Balaban J connectivity index is 0. The molecule has 2 N–H and O–H groups in total. The van der Waals surface area contributed by atoms with Gasteiger partial charge in [-0.15, -0.1) is 0 Å². The fraction of sp³-hybridized carbons (Fsp3) is 0.923. The van der Waals surface area contributed by atoms with Crippen LogP contribution in [-0.4, -0.2) is 16.5 Å². The van der Waals surface area contributed by atoms with Gasteiger partial charge >= 0.3 is 0 Å². The van der Waals surface area contributed by atoms with Crippen LogP contribution >= 0.6 is 0 Å². The van der Waals surface area contributed by atoms with Crippen LogP contribution in [0.2, 0.25) is 0 Å². The SMILES string of the molecule is CC(C)(C)NO.CCC(=O)CCCC(C)C. The summed E-state index contributed by atoms with van der Waals surface area (Å²) in [6, 6.07) is 0. The lowest BCUT2D eigenvalue weighted by Crippen LogP contribution is -2.32. The quantitative estimate of drug-likeness (QED) is 0.711. The van der Waals surface area contributed by atoms with E-state index in [0.29, 0.717) is 12.2 Å². The third-order valence-corrected chi connectivity index (χ3v) is 1.97. The predicted octanol–water partition coefficient (Wildman–Crippen LogP) is 3.56. The number of carbonyl (C=O) groups excluding carboxylic acids is 1. The van der Waals surface area contributed by atoms with Gasteiger partial charge in [-0.3, -0.25) is 4.79 Å². The van der Waals surface area contributed by atoms with E-state index in [2.05, 4.69) is 19.3 Å². The van der Waals surface area contributed by atoms with Crippen LogP contribution in [0.5, 0.6) is 0 Å². The first kappa shape index (κ1) is 18.0. The van der Waals surface area contributed by atoms with E-state index in [4.69, 9.17) is 5.21 Å². The van der Waals surface area contributed by atoms with E-state index in [1.807, 2.05) is 27.7 Å². The minimum atomic E-state index is -0.153. The third-order valence-electron chi connectivity index (χ3n) is 1.97. The Bertz CT molecular complexity index is 171. The molecule has 0 rings (SSSR count). The standard InChI is InChI=1S/C9H18O.C4H11NO/c1-4-9(10)7-5-6-8(2)3;1-4(2,3)5-6/h8H,4-7H2,1-3H3;5-6H,1-3H3. The highest BCUT2D eigenvalue weighted by Crippen LogP contribution is 2.06. The molecule has 3 nitrogen and oxygen atoms in total. The average Bonchev–Trinajstić information content (AvgIpc) is 2.17. The number of ketones is 1. The minimum absolute atomic E-state index is 0.153. The van der Waals surface area contributed by atoms with Gasteiger partial charge in [0.1, 0.15) is 5.78 Å². The van der Waals surface area contributed by atoms with Gasteiger partial charge in [0.2, 0.25) is 0 Å². The topological polar surface area (TPSA) is 49.3 Å². The van der Waals surface area contributed by atoms with Crippen molar-refractivity contribution in [2.24, 2.45) is 5.92 Å². The summed E-state index contributed by atoms with van der Waals surface area (Å²) in [7, 11) is 0. The van der Waals surface area contributed by atoms with E-state index >= 15 is 0 Å². The van der Waals surface area contributed by atoms with Gasteiger partial charge in [0, 0.05) is 18.4 Å². The van der Waals surface area contributed by atoms with Gasteiger partial charge in [0.15, 0.2) is 0 Å². The number of nitrogens with one attached hydrogen (secondary N) is 1. The number of carbonyl (C=O) groups is 1. The van der Waals surface area contributed by atoms with Crippen molar-refractivity contribution in [2.75, 3.05) is 0 Å². The fourth-order valence-corrected chi connectivity index (χ4v) is 0.884. The summed E-state index contributed by atoms with van der Waals surface area (Å²) in [6.07, 6.45) is 3.75. The van der Waals surface area contributed by atoms with Crippen LogP contribution in [0.25, 0.3) is 0 Å². The van der Waals surface area contributed by atoms with E-state index in [9.17, 15) is 4.79 Å². The molecule has 0 heterocycles. The van der Waals surface area contributed by atoms with Crippen molar-refractivity contribution in [3.05, 3.63) is 0 Å². The lowest BCUT2D eigenvalue weighted by molar-refractivity contribution is -0.118. The normalized spacial score (nSPS) is 11.0. The molecule has 16 heavy (non-hydrogen) atoms. The molecule has 0 radical (unpaired) electrons. The molecule has 0 aromatic rings. The van der Waals surface area contributed by atoms with Crippen molar-refractivity contribution < 1.29 is 10.0 Å². The van der Waals surface area contributed by atoms with E-state index in [-0.39, 0.29) is 5.54 Å². The zero-order chi connectivity index (χ0) is 13.2. The Kier molecular flexibility index (Phi) is 11.0. The molecular weight excluding hydrogens is 202 g/mol. The van der Waals surface area contributed by atoms with Crippen LogP contribution in [0.1, 0.15) is 67.2 Å². The van der Waals surface area contributed by atoms with Crippen LogP contribution < -0.4 is 5.48 Å². The van der Waals surface area contributed by atoms with Gasteiger partial charge in [-0.05, 0) is 33.1 Å². The zero-order valence-corrected chi connectivity index (χ0v) is 11.8. The first-order chi connectivity index (χ1) is 7.22. The number of hydrogen-bond donors (Lipinski definition) is 2. The van der Waals surface area contributed by atoms with Crippen molar-refractivity contribution in [1.82, 2.24) is 5.48 Å². The minimum Gasteiger partial charge on any atom is -0.316 e. The first-order valence-electron chi connectivity index (χ1n) is 6.15. The second-order valence-corrected chi connectivity index (χ2v) is 5.54.